The van der Waals surface area contributed by atoms with Crippen molar-refractivity contribution in [2.75, 3.05) is 40.4 Å². The summed E-state index contributed by atoms with van der Waals surface area (Å²) < 4.78 is 11.5. The fourth-order valence-corrected chi connectivity index (χ4v) is 7.59. The molecule has 2 saturated heterocycles. The maximum atomic E-state index is 11.8. The number of hydrogen-bond donors (Lipinski definition) is 1. The van der Waals surface area contributed by atoms with Gasteiger partial charge in [0.15, 0.2) is 0 Å². The highest BCUT2D eigenvalue weighted by molar-refractivity contribution is 6.39. The first-order chi connectivity index (χ1) is 22.2. The van der Waals surface area contributed by atoms with Crippen LogP contribution < -0.4 is 9.47 Å². The first-order valence-corrected chi connectivity index (χ1v) is 16.3. The Hall–Kier alpha value is -3.53. The summed E-state index contributed by atoms with van der Waals surface area (Å²) >= 11 is 14.3. The number of carbonyl (C=O) groups is 1. The van der Waals surface area contributed by atoms with Crippen LogP contribution in [0.15, 0.2) is 54.7 Å². The number of ether oxygens (including phenoxy) is 2. The minimum atomic E-state index is -0.292. The number of aliphatic hydroxyl groups excluding tert-OH is 1. The van der Waals surface area contributed by atoms with Gasteiger partial charge in [0.1, 0.15) is 17.2 Å². The van der Waals surface area contributed by atoms with Crippen molar-refractivity contribution in [2.45, 2.75) is 38.5 Å². The number of nitrogens with zero attached hydrogens (tertiary/aromatic N) is 4. The number of methoxy groups -OCH3 is 2. The molecule has 1 atom stereocenters. The highest BCUT2D eigenvalue weighted by Gasteiger charge is 2.38. The molecule has 7 rings (SSSR count). The molecule has 238 valence electrons. The molecule has 46 heavy (non-hydrogen) atoms. The van der Waals surface area contributed by atoms with E-state index in [1.807, 2.05) is 36.4 Å². The molecule has 10 heteroatoms. The molecular formula is C36H36Cl2N4O4. The average molecular weight is 660 g/mol. The van der Waals surface area contributed by atoms with Gasteiger partial charge in [-0.05, 0) is 42.5 Å². The standard InChI is InChI=1S/C36H36Cl2N4O4/c1-20(43)23-15-42(16-23)24-11-21-10-22(12-33(45-2)30(21)13-24)26-6-4-7-27(34(26)37)28-8-5-9-29(35(28)38)31-14-39-32(36(40-31)46-3)19-41-17-25(44)18-41/h4-10,12,14,23-25,44H,11,13,15-19H2,1-3H3. The number of rotatable bonds is 9. The van der Waals surface area contributed by atoms with E-state index in [0.29, 0.717) is 53.0 Å². The fraction of sp³-hybridized carbons (Fsp3) is 0.361. The van der Waals surface area contributed by atoms with Crippen molar-refractivity contribution >= 4 is 29.0 Å². The van der Waals surface area contributed by atoms with Crippen molar-refractivity contribution in [3.05, 3.63) is 81.6 Å². The van der Waals surface area contributed by atoms with Crippen LogP contribution in [0.25, 0.3) is 33.5 Å². The van der Waals surface area contributed by atoms with E-state index in [0.717, 1.165) is 59.5 Å². The number of hydrogen-bond acceptors (Lipinski definition) is 8. The smallest absolute Gasteiger partial charge is 0.237 e. The lowest BCUT2D eigenvalue weighted by atomic mass is 9.93. The number of β-amino-alcohol motifs (C(OH)–C–C–N with tert-alkyl or cyclic N) is 1. The van der Waals surface area contributed by atoms with E-state index in [1.54, 1.807) is 27.3 Å². The number of fused-ring (bicyclic) bond motifs is 1. The van der Waals surface area contributed by atoms with Crippen LogP contribution in [0.1, 0.15) is 23.7 Å². The normalized spacial score (nSPS) is 18.6. The van der Waals surface area contributed by atoms with E-state index in [-0.39, 0.29) is 17.8 Å². The van der Waals surface area contributed by atoms with Crippen LogP contribution in [-0.2, 0) is 24.2 Å². The summed E-state index contributed by atoms with van der Waals surface area (Å²) in [6.07, 6.45) is 3.25. The third-order valence-corrected chi connectivity index (χ3v) is 10.4. The van der Waals surface area contributed by atoms with Crippen LogP contribution in [0.5, 0.6) is 11.6 Å². The van der Waals surface area contributed by atoms with E-state index >= 15 is 0 Å². The maximum absolute atomic E-state index is 11.8. The monoisotopic (exact) mass is 658 g/mol. The first kappa shape index (κ1) is 31.1. The number of ketones is 1. The SMILES string of the molecule is COc1cc(-c2cccc(-c3cccc(-c4cnc(CN5CC(O)C5)c(OC)n4)c3Cl)c2Cl)cc2c1CC(N1CC(C(C)=O)C1)C2. The Bertz CT molecular complexity index is 1820. The van der Waals surface area contributed by atoms with Gasteiger partial charge in [0.05, 0.1) is 42.3 Å². The quantitative estimate of drug-likeness (QED) is 0.236. The predicted molar refractivity (Wildman–Crippen MR) is 180 cm³/mol. The summed E-state index contributed by atoms with van der Waals surface area (Å²) in [5.74, 6) is 1.73. The molecular weight excluding hydrogens is 623 g/mol. The fourth-order valence-electron chi connectivity index (χ4n) is 6.93. The lowest BCUT2D eigenvalue weighted by Crippen LogP contribution is -2.54. The summed E-state index contributed by atoms with van der Waals surface area (Å²) in [5.41, 5.74) is 8.00. The molecule has 0 spiro atoms. The average Bonchev–Trinajstić information content (AvgIpc) is 3.43. The van der Waals surface area contributed by atoms with Crippen molar-refractivity contribution < 1.29 is 19.4 Å². The third-order valence-electron chi connectivity index (χ3n) is 9.61. The number of carbonyl (C=O) groups excluding carboxylic acids is 1. The molecule has 1 aliphatic carbocycles. The van der Waals surface area contributed by atoms with Crippen LogP contribution in [0.4, 0.5) is 0 Å². The largest absolute Gasteiger partial charge is 0.496 e. The molecule has 0 amide bonds. The van der Waals surface area contributed by atoms with Gasteiger partial charge in [-0.1, -0.05) is 65.7 Å². The van der Waals surface area contributed by atoms with Crippen LogP contribution >= 0.6 is 23.2 Å². The van der Waals surface area contributed by atoms with Crippen molar-refractivity contribution in [3.8, 4) is 45.1 Å². The Morgan fingerprint density at radius 2 is 1.61 bits per heavy atom. The summed E-state index contributed by atoms with van der Waals surface area (Å²) in [6.45, 7) is 5.14. The van der Waals surface area contributed by atoms with Crippen molar-refractivity contribution in [2.24, 2.45) is 5.92 Å². The zero-order valence-corrected chi connectivity index (χ0v) is 27.6. The molecule has 1 N–H and O–H groups in total. The number of likely N-dealkylation sites (tertiary alicyclic amines) is 2. The topological polar surface area (TPSA) is 88.0 Å². The van der Waals surface area contributed by atoms with Crippen LogP contribution in [-0.4, -0.2) is 83.2 Å². The Kier molecular flexibility index (Phi) is 8.50. The van der Waals surface area contributed by atoms with Gasteiger partial charge in [0.2, 0.25) is 5.88 Å². The zero-order chi connectivity index (χ0) is 32.1. The molecule has 1 unspecified atom stereocenters. The van der Waals surface area contributed by atoms with E-state index < -0.39 is 0 Å². The first-order valence-electron chi connectivity index (χ1n) is 15.6. The highest BCUT2D eigenvalue weighted by Crippen LogP contribution is 2.45. The van der Waals surface area contributed by atoms with Gasteiger partial charge < -0.3 is 14.6 Å². The van der Waals surface area contributed by atoms with E-state index in [9.17, 15) is 9.90 Å². The van der Waals surface area contributed by atoms with Crippen molar-refractivity contribution in [1.82, 2.24) is 19.8 Å². The van der Waals surface area contributed by atoms with Gasteiger partial charge in [-0.3, -0.25) is 19.6 Å². The second-order valence-corrected chi connectivity index (χ2v) is 13.3. The van der Waals surface area contributed by atoms with Gasteiger partial charge in [-0.25, -0.2) is 4.98 Å². The molecule has 3 aromatic carbocycles. The number of Topliss-reactive ketones (excluding diaryl/α,β-unsaturated/α-hetero) is 1. The number of aromatic nitrogens is 2. The highest BCUT2D eigenvalue weighted by atomic mass is 35.5. The molecule has 3 aliphatic rings. The van der Waals surface area contributed by atoms with E-state index in [2.05, 4.69) is 26.9 Å². The van der Waals surface area contributed by atoms with Crippen molar-refractivity contribution in [1.29, 1.82) is 0 Å². The molecule has 2 fully saturated rings. The molecule has 0 bridgehead atoms. The van der Waals surface area contributed by atoms with Gasteiger partial charge in [-0.15, -0.1) is 0 Å². The molecule has 4 aromatic rings. The molecule has 1 aromatic heterocycles. The van der Waals surface area contributed by atoms with Gasteiger partial charge in [0.25, 0.3) is 0 Å². The molecule has 3 heterocycles. The lowest BCUT2D eigenvalue weighted by molar-refractivity contribution is -0.126. The third kappa shape index (κ3) is 5.67. The van der Waals surface area contributed by atoms with E-state index in [4.69, 9.17) is 37.7 Å². The van der Waals surface area contributed by atoms with Gasteiger partial charge >= 0.3 is 0 Å². The summed E-state index contributed by atoms with van der Waals surface area (Å²) in [4.78, 5) is 25.7. The maximum Gasteiger partial charge on any atom is 0.237 e. The molecule has 0 radical (unpaired) electrons. The lowest BCUT2D eigenvalue weighted by Gasteiger charge is -2.42. The van der Waals surface area contributed by atoms with Gasteiger partial charge in [-0.2, -0.15) is 0 Å². The number of halogens is 2. The van der Waals surface area contributed by atoms with Gasteiger partial charge in [0, 0.05) is 66.9 Å². The van der Waals surface area contributed by atoms with Crippen LogP contribution in [0, 0.1) is 5.92 Å². The second kappa shape index (κ2) is 12.6. The summed E-state index contributed by atoms with van der Waals surface area (Å²) in [7, 11) is 3.29. The minimum absolute atomic E-state index is 0.160. The Morgan fingerprint density at radius 1 is 0.935 bits per heavy atom. The molecule has 2 aliphatic heterocycles. The summed E-state index contributed by atoms with van der Waals surface area (Å²) in [6, 6.07) is 16.5. The second-order valence-electron chi connectivity index (χ2n) is 12.5. The summed E-state index contributed by atoms with van der Waals surface area (Å²) in [5, 5.41) is 10.8. The van der Waals surface area contributed by atoms with Crippen LogP contribution in [0.3, 0.4) is 0 Å². The van der Waals surface area contributed by atoms with Crippen LogP contribution in [0.2, 0.25) is 10.0 Å². The van der Waals surface area contributed by atoms with Crippen molar-refractivity contribution in [3.63, 3.8) is 0 Å². The predicted octanol–water partition coefficient (Wildman–Crippen LogP) is 5.97. The Morgan fingerprint density at radius 3 is 2.26 bits per heavy atom. The zero-order valence-electron chi connectivity index (χ0n) is 26.1. The molecule has 8 nitrogen and oxygen atoms in total. The minimum Gasteiger partial charge on any atom is -0.496 e. The number of benzene rings is 3. The Labute approximate surface area is 278 Å². The van der Waals surface area contributed by atoms with E-state index in [1.165, 1.54) is 11.1 Å². The Balaban J connectivity index is 1.18. The number of aliphatic hydroxyl groups is 1. The molecule has 0 saturated carbocycles.